The Kier molecular flexibility index (Phi) is 4.45. The van der Waals surface area contributed by atoms with Crippen LogP contribution in [-0.2, 0) is 14.3 Å². The minimum absolute atomic E-state index is 0.00588. The number of hydrogen-bond acceptors (Lipinski definition) is 3. The molecular formula is C12H13BrFNO3. The molecule has 0 radical (unpaired) electrons. The van der Waals surface area contributed by atoms with E-state index in [1.165, 1.54) is 39.2 Å². The fourth-order valence-corrected chi connectivity index (χ4v) is 1.58. The van der Waals surface area contributed by atoms with E-state index in [4.69, 9.17) is 0 Å². The van der Waals surface area contributed by atoms with E-state index in [2.05, 4.69) is 26.0 Å². The van der Waals surface area contributed by atoms with Crippen LogP contribution in [0.5, 0.6) is 0 Å². The second-order valence-electron chi connectivity index (χ2n) is 4.19. The van der Waals surface area contributed by atoms with Crippen LogP contribution in [0.2, 0.25) is 0 Å². The van der Waals surface area contributed by atoms with Crippen molar-refractivity contribution in [2.75, 3.05) is 12.4 Å². The maximum absolute atomic E-state index is 13.4. The molecule has 0 bridgehead atoms. The predicted molar refractivity (Wildman–Crippen MR) is 68.5 cm³/mol. The van der Waals surface area contributed by atoms with Gasteiger partial charge < -0.3 is 10.1 Å². The van der Waals surface area contributed by atoms with Crippen molar-refractivity contribution in [1.29, 1.82) is 0 Å². The SMILES string of the molecule is COC(=O)C(C)(C)C(=O)Nc1cc(Br)ccc1F. The molecule has 0 spiro atoms. The highest BCUT2D eigenvalue weighted by atomic mass is 79.9. The summed E-state index contributed by atoms with van der Waals surface area (Å²) in [5, 5.41) is 2.36. The number of halogens is 2. The zero-order chi connectivity index (χ0) is 13.9. The number of hydrogen-bond donors (Lipinski definition) is 1. The lowest BCUT2D eigenvalue weighted by Gasteiger charge is -2.20. The lowest BCUT2D eigenvalue weighted by molar-refractivity contribution is -0.154. The van der Waals surface area contributed by atoms with Crippen LogP contribution in [-0.4, -0.2) is 19.0 Å². The molecule has 1 aromatic carbocycles. The molecule has 98 valence electrons. The highest BCUT2D eigenvalue weighted by Crippen LogP contribution is 2.24. The van der Waals surface area contributed by atoms with Crippen LogP contribution in [0.1, 0.15) is 13.8 Å². The third-order valence-electron chi connectivity index (χ3n) is 2.44. The number of esters is 1. The molecule has 0 aliphatic heterocycles. The Morgan fingerprint density at radius 1 is 1.39 bits per heavy atom. The van der Waals surface area contributed by atoms with Crippen molar-refractivity contribution >= 4 is 33.5 Å². The molecule has 0 aliphatic rings. The number of methoxy groups -OCH3 is 1. The molecule has 0 saturated heterocycles. The minimum atomic E-state index is -1.39. The summed E-state index contributed by atoms with van der Waals surface area (Å²) in [7, 11) is 1.19. The van der Waals surface area contributed by atoms with Crippen LogP contribution < -0.4 is 5.32 Å². The average molecular weight is 318 g/mol. The molecule has 0 unspecified atom stereocenters. The van der Waals surface area contributed by atoms with E-state index in [1.807, 2.05) is 0 Å². The Bertz CT molecular complexity index is 488. The van der Waals surface area contributed by atoms with Gasteiger partial charge in [0, 0.05) is 4.47 Å². The van der Waals surface area contributed by atoms with Crippen molar-refractivity contribution in [3.63, 3.8) is 0 Å². The van der Waals surface area contributed by atoms with E-state index in [1.54, 1.807) is 0 Å². The van der Waals surface area contributed by atoms with Crippen molar-refractivity contribution in [1.82, 2.24) is 0 Å². The largest absolute Gasteiger partial charge is 0.468 e. The molecule has 0 saturated carbocycles. The van der Waals surface area contributed by atoms with E-state index in [9.17, 15) is 14.0 Å². The molecule has 0 aromatic heterocycles. The zero-order valence-electron chi connectivity index (χ0n) is 10.2. The second kappa shape index (κ2) is 5.48. The van der Waals surface area contributed by atoms with Crippen LogP contribution in [0.25, 0.3) is 0 Å². The summed E-state index contributed by atoms with van der Waals surface area (Å²) in [6.07, 6.45) is 0. The molecule has 0 fully saturated rings. The van der Waals surface area contributed by atoms with Crippen LogP contribution in [0.15, 0.2) is 22.7 Å². The van der Waals surface area contributed by atoms with Crippen LogP contribution >= 0.6 is 15.9 Å². The summed E-state index contributed by atoms with van der Waals surface area (Å²) < 4.78 is 18.6. The van der Waals surface area contributed by atoms with E-state index < -0.39 is 23.1 Å². The molecule has 0 heterocycles. The zero-order valence-corrected chi connectivity index (χ0v) is 11.8. The average Bonchev–Trinajstić information content (AvgIpc) is 2.32. The van der Waals surface area contributed by atoms with Gasteiger partial charge in [-0.15, -0.1) is 0 Å². The summed E-state index contributed by atoms with van der Waals surface area (Å²) in [4.78, 5) is 23.3. The standard InChI is InChI=1S/C12H13BrFNO3/c1-12(2,11(17)18-3)10(16)15-9-6-7(13)4-5-8(9)14/h4-6H,1-3H3,(H,15,16). The molecule has 1 N–H and O–H groups in total. The van der Waals surface area contributed by atoms with Gasteiger partial charge in [0.05, 0.1) is 12.8 Å². The molecule has 4 nitrogen and oxygen atoms in total. The number of carbonyl (C=O) groups excluding carboxylic acids is 2. The molecule has 1 aromatic rings. The Morgan fingerprint density at radius 3 is 2.56 bits per heavy atom. The minimum Gasteiger partial charge on any atom is -0.468 e. The quantitative estimate of drug-likeness (QED) is 0.689. The Balaban J connectivity index is 2.94. The molecule has 0 aliphatic carbocycles. The Hall–Kier alpha value is -1.43. The number of carbonyl (C=O) groups is 2. The predicted octanol–water partition coefficient (Wildman–Crippen LogP) is 2.73. The number of ether oxygens (including phenoxy) is 1. The van der Waals surface area contributed by atoms with Gasteiger partial charge in [-0.3, -0.25) is 9.59 Å². The Labute approximate surface area is 113 Å². The molecular weight excluding hydrogens is 305 g/mol. The number of amides is 1. The summed E-state index contributed by atoms with van der Waals surface area (Å²) in [5.74, 6) is -1.89. The lowest BCUT2D eigenvalue weighted by atomic mass is 9.92. The normalized spacial score (nSPS) is 10.9. The van der Waals surface area contributed by atoms with Gasteiger partial charge in [-0.2, -0.15) is 0 Å². The van der Waals surface area contributed by atoms with Gasteiger partial charge in [0.15, 0.2) is 0 Å². The molecule has 6 heteroatoms. The fraction of sp³-hybridized carbons (Fsp3) is 0.333. The van der Waals surface area contributed by atoms with Crippen LogP contribution in [0.3, 0.4) is 0 Å². The summed E-state index contributed by atoms with van der Waals surface area (Å²) in [6, 6.07) is 4.14. The highest BCUT2D eigenvalue weighted by Gasteiger charge is 2.37. The van der Waals surface area contributed by atoms with Gasteiger partial charge in [-0.1, -0.05) is 15.9 Å². The summed E-state index contributed by atoms with van der Waals surface area (Å²) in [6.45, 7) is 2.81. The summed E-state index contributed by atoms with van der Waals surface area (Å²) in [5.41, 5.74) is -1.38. The van der Waals surface area contributed by atoms with Gasteiger partial charge in [0.1, 0.15) is 11.2 Å². The maximum atomic E-state index is 13.4. The number of rotatable bonds is 3. The Morgan fingerprint density at radius 2 is 2.00 bits per heavy atom. The number of benzene rings is 1. The van der Waals surface area contributed by atoms with E-state index >= 15 is 0 Å². The highest BCUT2D eigenvalue weighted by molar-refractivity contribution is 9.10. The van der Waals surface area contributed by atoms with Gasteiger partial charge in [-0.25, -0.2) is 4.39 Å². The number of anilines is 1. The van der Waals surface area contributed by atoms with E-state index in [-0.39, 0.29) is 5.69 Å². The van der Waals surface area contributed by atoms with Crippen molar-refractivity contribution in [3.8, 4) is 0 Å². The molecule has 1 amide bonds. The molecule has 1 rings (SSSR count). The molecule has 18 heavy (non-hydrogen) atoms. The van der Waals surface area contributed by atoms with E-state index in [0.29, 0.717) is 4.47 Å². The van der Waals surface area contributed by atoms with Gasteiger partial charge >= 0.3 is 5.97 Å². The second-order valence-corrected chi connectivity index (χ2v) is 5.11. The number of nitrogens with one attached hydrogen (secondary N) is 1. The summed E-state index contributed by atoms with van der Waals surface area (Å²) >= 11 is 3.17. The van der Waals surface area contributed by atoms with Crippen molar-refractivity contribution in [2.45, 2.75) is 13.8 Å². The topological polar surface area (TPSA) is 55.4 Å². The van der Waals surface area contributed by atoms with Crippen molar-refractivity contribution in [2.24, 2.45) is 5.41 Å². The monoisotopic (exact) mass is 317 g/mol. The van der Waals surface area contributed by atoms with Crippen LogP contribution in [0, 0.1) is 11.2 Å². The van der Waals surface area contributed by atoms with Gasteiger partial charge in [0.2, 0.25) is 5.91 Å². The maximum Gasteiger partial charge on any atom is 0.320 e. The molecule has 0 atom stereocenters. The third-order valence-corrected chi connectivity index (χ3v) is 2.93. The fourth-order valence-electron chi connectivity index (χ4n) is 1.22. The first-order valence-corrected chi connectivity index (χ1v) is 5.93. The lowest BCUT2D eigenvalue weighted by Crippen LogP contribution is -2.39. The van der Waals surface area contributed by atoms with Crippen molar-refractivity contribution in [3.05, 3.63) is 28.5 Å². The van der Waals surface area contributed by atoms with Gasteiger partial charge in [-0.05, 0) is 32.0 Å². The van der Waals surface area contributed by atoms with E-state index in [0.717, 1.165) is 0 Å². The van der Waals surface area contributed by atoms with Crippen molar-refractivity contribution < 1.29 is 18.7 Å². The first-order valence-electron chi connectivity index (χ1n) is 5.14. The van der Waals surface area contributed by atoms with Crippen LogP contribution in [0.4, 0.5) is 10.1 Å². The third kappa shape index (κ3) is 3.07. The smallest absolute Gasteiger partial charge is 0.320 e. The first kappa shape index (κ1) is 14.6. The first-order chi connectivity index (χ1) is 8.28. The van der Waals surface area contributed by atoms with Gasteiger partial charge in [0.25, 0.3) is 0 Å².